The number of fused-ring (bicyclic) bond motifs is 1. The van der Waals surface area contributed by atoms with Gasteiger partial charge in [0.1, 0.15) is 17.5 Å². The monoisotopic (exact) mass is 240 g/mol. The molecule has 88 valence electrons. The second kappa shape index (κ2) is 3.89. The Labute approximate surface area is 103 Å². The summed E-state index contributed by atoms with van der Waals surface area (Å²) in [6.07, 6.45) is 1.41. The van der Waals surface area contributed by atoms with Crippen LogP contribution in [0.3, 0.4) is 0 Å². The van der Waals surface area contributed by atoms with Crippen molar-refractivity contribution in [2.75, 3.05) is 12.5 Å². The maximum atomic E-state index is 8.76. The van der Waals surface area contributed by atoms with Gasteiger partial charge in [0.05, 0.1) is 6.20 Å². The summed E-state index contributed by atoms with van der Waals surface area (Å²) >= 11 is 0. The van der Waals surface area contributed by atoms with Crippen LogP contribution in [0.15, 0.2) is 24.4 Å². The van der Waals surface area contributed by atoms with E-state index in [4.69, 9.17) is 20.5 Å². The maximum Gasteiger partial charge on any atom is 0.231 e. The highest BCUT2D eigenvalue weighted by atomic mass is 16.7. The summed E-state index contributed by atoms with van der Waals surface area (Å²) in [5.74, 6) is 1.96. The van der Waals surface area contributed by atoms with Crippen LogP contribution in [0.4, 0.5) is 5.82 Å². The Morgan fingerprint density at radius 3 is 2.89 bits per heavy atom. The van der Waals surface area contributed by atoms with Crippen LogP contribution < -0.4 is 15.2 Å². The van der Waals surface area contributed by atoms with Crippen molar-refractivity contribution >= 4 is 5.82 Å². The van der Waals surface area contributed by atoms with Gasteiger partial charge in [0.15, 0.2) is 17.3 Å². The number of nitrogens with zero attached hydrogens (tertiary/aromatic N) is 3. The van der Waals surface area contributed by atoms with Gasteiger partial charge in [-0.1, -0.05) is 0 Å². The Balaban J connectivity index is 2.05. The van der Waals surface area contributed by atoms with E-state index in [-0.39, 0.29) is 18.2 Å². The van der Waals surface area contributed by atoms with E-state index in [1.54, 1.807) is 12.1 Å². The summed E-state index contributed by atoms with van der Waals surface area (Å²) in [4.78, 5) is 8.18. The number of hydrogen-bond acceptors (Lipinski definition) is 6. The average molecular weight is 240 g/mol. The van der Waals surface area contributed by atoms with E-state index in [1.807, 2.05) is 12.1 Å². The van der Waals surface area contributed by atoms with Crippen LogP contribution in [0, 0.1) is 11.3 Å². The first-order valence-corrected chi connectivity index (χ1v) is 5.20. The third-order valence-electron chi connectivity index (χ3n) is 2.57. The number of rotatable bonds is 1. The number of ether oxygens (including phenoxy) is 2. The summed E-state index contributed by atoms with van der Waals surface area (Å²) in [5.41, 5.74) is 6.68. The lowest BCUT2D eigenvalue weighted by molar-refractivity contribution is 0.174. The molecule has 0 amide bonds. The van der Waals surface area contributed by atoms with E-state index in [0.717, 1.165) is 5.56 Å². The Hall–Kier alpha value is -2.81. The maximum absolute atomic E-state index is 8.76. The minimum absolute atomic E-state index is 0.167. The van der Waals surface area contributed by atoms with Gasteiger partial charge in [0.2, 0.25) is 6.79 Å². The van der Waals surface area contributed by atoms with Crippen molar-refractivity contribution in [3.8, 4) is 29.0 Å². The lowest BCUT2D eigenvalue weighted by atomic mass is 10.2. The van der Waals surface area contributed by atoms with Crippen LogP contribution >= 0.6 is 0 Å². The van der Waals surface area contributed by atoms with Crippen molar-refractivity contribution in [3.05, 3.63) is 30.0 Å². The average Bonchev–Trinajstić information content (AvgIpc) is 2.85. The largest absolute Gasteiger partial charge is 0.454 e. The minimum Gasteiger partial charge on any atom is -0.454 e. The molecule has 6 heteroatoms. The first-order valence-electron chi connectivity index (χ1n) is 5.20. The standard InChI is InChI=1S/C12H8N4O2/c13-4-8-5-15-12(16-11(8)14)7-1-2-9-10(3-7)18-6-17-9/h1-3,5H,6H2,(H2,14,15,16). The number of benzene rings is 1. The normalized spacial score (nSPS) is 12.2. The zero-order valence-corrected chi connectivity index (χ0v) is 9.25. The van der Waals surface area contributed by atoms with Crippen LogP contribution in [0.5, 0.6) is 11.5 Å². The van der Waals surface area contributed by atoms with Gasteiger partial charge in [-0.15, -0.1) is 0 Å². The van der Waals surface area contributed by atoms with Gasteiger partial charge < -0.3 is 15.2 Å². The quantitative estimate of drug-likeness (QED) is 0.807. The molecule has 1 aliphatic heterocycles. The lowest BCUT2D eigenvalue weighted by Crippen LogP contribution is -1.98. The van der Waals surface area contributed by atoms with Crippen LogP contribution in [0.2, 0.25) is 0 Å². The van der Waals surface area contributed by atoms with Crippen molar-refractivity contribution < 1.29 is 9.47 Å². The van der Waals surface area contributed by atoms with Gasteiger partial charge in [-0.2, -0.15) is 5.26 Å². The molecule has 2 N–H and O–H groups in total. The van der Waals surface area contributed by atoms with Crippen LogP contribution in [0.25, 0.3) is 11.4 Å². The van der Waals surface area contributed by atoms with Crippen molar-refractivity contribution in [2.24, 2.45) is 0 Å². The molecule has 0 spiro atoms. The van der Waals surface area contributed by atoms with Crippen LogP contribution in [-0.2, 0) is 0 Å². The van der Waals surface area contributed by atoms with Gasteiger partial charge in [-0.3, -0.25) is 0 Å². The molecule has 18 heavy (non-hydrogen) atoms. The number of nitrogen functional groups attached to an aromatic ring is 1. The van der Waals surface area contributed by atoms with Crippen LogP contribution in [-0.4, -0.2) is 16.8 Å². The number of nitrogens with two attached hydrogens (primary N) is 1. The van der Waals surface area contributed by atoms with Gasteiger partial charge >= 0.3 is 0 Å². The van der Waals surface area contributed by atoms with Crippen molar-refractivity contribution in [1.82, 2.24) is 9.97 Å². The summed E-state index contributed by atoms with van der Waals surface area (Å²) in [6, 6.07) is 7.30. The minimum atomic E-state index is 0.167. The Kier molecular flexibility index (Phi) is 2.24. The van der Waals surface area contributed by atoms with E-state index < -0.39 is 0 Å². The van der Waals surface area contributed by atoms with E-state index in [9.17, 15) is 0 Å². The smallest absolute Gasteiger partial charge is 0.231 e. The number of aromatic nitrogens is 2. The zero-order valence-electron chi connectivity index (χ0n) is 9.25. The molecule has 0 saturated carbocycles. The van der Waals surface area contributed by atoms with E-state index in [2.05, 4.69) is 9.97 Å². The van der Waals surface area contributed by atoms with Gasteiger partial charge in [0.25, 0.3) is 0 Å². The fourth-order valence-corrected chi connectivity index (χ4v) is 1.66. The number of hydrogen-bond donors (Lipinski definition) is 1. The number of anilines is 1. The molecule has 1 aromatic heterocycles. The molecule has 0 radical (unpaired) electrons. The third-order valence-corrected chi connectivity index (χ3v) is 2.57. The summed E-state index contributed by atoms with van der Waals surface area (Å²) in [6.45, 7) is 0.217. The van der Waals surface area contributed by atoms with Gasteiger partial charge in [-0.25, -0.2) is 9.97 Å². The molecule has 0 saturated heterocycles. The molecule has 2 heterocycles. The first-order chi connectivity index (χ1) is 8.78. The molecule has 0 fully saturated rings. The lowest BCUT2D eigenvalue weighted by Gasteiger charge is -2.03. The molecular weight excluding hydrogens is 232 g/mol. The molecular formula is C12H8N4O2. The van der Waals surface area contributed by atoms with Crippen molar-refractivity contribution in [1.29, 1.82) is 5.26 Å². The summed E-state index contributed by atoms with van der Waals surface area (Å²) in [7, 11) is 0. The van der Waals surface area contributed by atoms with Crippen LogP contribution in [0.1, 0.15) is 5.56 Å². The SMILES string of the molecule is N#Cc1cnc(-c2ccc3c(c2)OCO3)nc1N. The Morgan fingerprint density at radius 2 is 2.11 bits per heavy atom. The summed E-state index contributed by atoms with van der Waals surface area (Å²) in [5, 5.41) is 8.76. The Bertz CT molecular complexity index is 655. The van der Waals surface area contributed by atoms with Gasteiger partial charge in [-0.05, 0) is 18.2 Å². The second-order valence-corrected chi connectivity index (χ2v) is 3.67. The van der Waals surface area contributed by atoms with E-state index >= 15 is 0 Å². The predicted octanol–water partition coefficient (Wildman–Crippen LogP) is 1.33. The van der Waals surface area contributed by atoms with Gasteiger partial charge in [0, 0.05) is 5.56 Å². The molecule has 3 rings (SSSR count). The van der Waals surface area contributed by atoms with Crippen molar-refractivity contribution in [2.45, 2.75) is 0 Å². The molecule has 1 aliphatic rings. The molecule has 0 unspecified atom stereocenters. The topological polar surface area (TPSA) is 94.0 Å². The summed E-state index contributed by atoms with van der Waals surface area (Å²) < 4.78 is 10.5. The molecule has 0 bridgehead atoms. The Morgan fingerprint density at radius 1 is 1.28 bits per heavy atom. The second-order valence-electron chi connectivity index (χ2n) is 3.67. The highest BCUT2D eigenvalue weighted by Gasteiger charge is 2.15. The molecule has 6 nitrogen and oxygen atoms in total. The molecule has 2 aromatic rings. The fourth-order valence-electron chi connectivity index (χ4n) is 1.66. The predicted molar refractivity (Wildman–Crippen MR) is 62.7 cm³/mol. The van der Waals surface area contributed by atoms with Crippen molar-refractivity contribution in [3.63, 3.8) is 0 Å². The highest BCUT2D eigenvalue weighted by molar-refractivity contribution is 5.63. The first kappa shape index (κ1) is 10.4. The van der Waals surface area contributed by atoms with E-state index in [0.29, 0.717) is 17.3 Å². The molecule has 0 atom stereocenters. The molecule has 1 aromatic carbocycles. The highest BCUT2D eigenvalue weighted by Crippen LogP contribution is 2.35. The number of nitriles is 1. The fraction of sp³-hybridized carbons (Fsp3) is 0.0833. The molecule has 0 aliphatic carbocycles. The third kappa shape index (κ3) is 1.58. The van der Waals surface area contributed by atoms with E-state index in [1.165, 1.54) is 6.20 Å². The zero-order chi connectivity index (χ0) is 12.5.